The monoisotopic (exact) mass is 365 g/mol. The van der Waals surface area contributed by atoms with Crippen LogP contribution in [0.15, 0.2) is 24.3 Å². The zero-order valence-electron chi connectivity index (χ0n) is 9.52. The molecule has 1 fully saturated rings. The number of nitrogens with one attached hydrogen (secondary N) is 1. The molecule has 0 amide bonds. The van der Waals surface area contributed by atoms with Crippen molar-refractivity contribution in [3.05, 3.63) is 33.4 Å². The molecule has 1 aromatic carbocycles. The Bertz CT molecular complexity index is 470. The molecule has 3 nitrogen and oxygen atoms in total. The van der Waals surface area contributed by atoms with Crippen molar-refractivity contribution in [3.8, 4) is 0 Å². The number of sulfone groups is 1. The Morgan fingerprint density at radius 3 is 2.59 bits per heavy atom. The third-order valence-corrected chi connectivity index (χ3v) is 5.56. The summed E-state index contributed by atoms with van der Waals surface area (Å²) in [5.41, 5.74) is 1.24. The molecule has 0 radical (unpaired) electrons. The number of rotatable bonds is 4. The lowest BCUT2D eigenvalue weighted by atomic mass is 10.1. The number of hydrogen-bond donors (Lipinski definition) is 1. The lowest BCUT2D eigenvalue weighted by molar-refractivity contribution is 0.521. The highest BCUT2D eigenvalue weighted by molar-refractivity contribution is 14.1. The van der Waals surface area contributed by atoms with Gasteiger partial charge in [-0.15, -0.1) is 0 Å². The standard InChI is InChI=1S/C12H16INO2S/c13-12-3-1-10(2-4-12)7-14-8-11-5-6-17(15,16)9-11/h1-4,11,14H,5-9H2. The van der Waals surface area contributed by atoms with Crippen LogP contribution in [0, 0.1) is 9.49 Å². The van der Waals surface area contributed by atoms with Crippen molar-refractivity contribution in [2.24, 2.45) is 5.92 Å². The van der Waals surface area contributed by atoms with Gasteiger partial charge in [-0.3, -0.25) is 0 Å². The second-order valence-electron chi connectivity index (χ2n) is 4.53. The van der Waals surface area contributed by atoms with Gasteiger partial charge in [-0.2, -0.15) is 0 Å². The Morgan fingerprint density at radius 2 is 2.00 bits per heavy atom. The van der Waals surface area contributed by atoms with Gasteiger partial charge in [0.15, 0.2) is 9.84 Å². The molecule has 1 aliphatic rings. The van der Waals surface area contributed by atoms with Crippen LogP contribution in [-0.4, -0.2) is 26.5 Å². The summed E-state index contributed by atoms with van der Waals surface area (Å²) in [7, 11) is -2.74. The maximum atomic E-state index is 11.3. The molecule has 17 heavy (non-hydrogen) atoms. The summed E-state index contributed by atoms with van der Waals surface area (Å²) >= 11 is 2.28. The van der Waals surface area contributed by atoms with E-state index in [2.05, 4.69) is 52.2 Å². The molecule has 2 rings (SSSR count). The Balaban J connectivity index is 1.75. The van der Waals surface area contributed by atoms with Gasteiger partial charge in [0.25, 0.3) is 0 Å². The molecule has 0 aromatic heterocycles. The molecule has 0 spiro atoms. The van der Waals surface area contributed by atoms with E-state index in [4.69, 9.17) is 0 Å². The molecule has 1 aliphatic heterocycles. The third-order valence-electron chi connectivity index (χ3n) is 3.00. The predicted molar refractivity (Wildman–Crippen MR) is 77.6 cm³/mol. The first kappa shape index (κ1) is 13.3. The molecular formula is C12H16INO2S. The normalized spacial score (nSPS) is 22.8. The average molecular weight is 365 g/mol. The summed E-state index contributed by atoms with van der Waals surface area (Å²) in [5, 5.41) is 3.33. The number of hydrogen-bond acceptors (Lipinski definition) is 3. The van der Waals surface area contributed by atoms with Gasteiger partial charge in [0, 0.05) is 10.1 Å². The molecule has 1 unspecified atom stereocenters. The van der Waals surface area contributed by atoms with Gasteiger partial charge in [0.1, 0.15) is 0 Å². The second-order valence-corrected chi connectivity index (χ2v) is 8.00. The molecule has 1 saturated heterocycles. The number of halogens is 1. The highest BCUT2D eigenvalue weighted by Crippen LogP contribution is 2.17. The fraction of sp³-hybridized carbons (Fsp3) is 0.500. The van der Waals surface area contributed by atoms with Crippen LogP contribution in [-0.2, 0) is 16.4 Å². The molecule has 1 atom stereocenters. The number of benzene rings is 1. The average Bonchev–Trinajstić information content (AvgIpc) is 2.61. The van der Waals surface area contributed by atoms with Crippen LogP contribution < -0.4 is 5.32 Å². The van der Waals surface area contributed by atoms with E-state index in [9.17, 15) is 8.42 Å². The molecule has 94 valence electrons. The smallest absolute Gasteiger partial charge is 0.150 e. The van der Waals surface area contributed by atoms with Gasteiger partial charge in [-0.1, -0.05) is 12.1 Å². The van der Waals surface area contributed by atoms with Gasteiger partial charge in [0.2, 0.25) is 0 Å². The van der Waals surface area contributed by atoms with E-state index in [1.807, 2.05) is 0 Å². The summed E-state index contributed by atoms with van der Waals surface area (Å²) in [6.45, 7) is 1.61. The maximum absolute atomic E-state index is 11.3. The molecule has 5 heteroatoms. The minimum atomic E-state index is -2.74. The minimum absolute atomic E-state index is 0.295. The van der Waals surface area contributed by atoms with Crippen molar-refractivity contribution >= 4 is 32.4 Å². The molecular weight excluding hydrogens is 349 g/mol. The van der Waals surface area contributed by atoms with Gasteiger partial charge in [-0.25, -0.2) is 8.42 Å². The lowest BCUT2D eigenvalue weighted by Crippen LogP contribution is -2.23. The fourth-order valence-corrected chi connectivity index (χ4v) is 4.28. The van der Waals surface area contributed by atoms with E-state index in [0.29, 0.717) is 17.4 Å². The SMILES string of the molecule is O=S1(=O)CCC(CNCc2ccc(I)cc2)C1. The summed E-state index contributed by atoms with van der Waals surface area (Å²) in [6.07, 6.45) is 0.808. The predicted octanol–water partition coefficient (Wildman–Crippen LogP) is 1.82. The zero-order chi connectivity index (χ0) is 12.3. The van der Waals surface area contributed by atoms with Crippen molar-refractivity contribution in [1.82, 2.24) is 5.32 Å². The highest BCUT2D eigenvalue weighted by atomic mass is 127. The summed E-state index contributed by atoms with van der Waals surface area (Å²) in [4.78, 5) is 0. The van der Waals surface area contributed by atoms with Crippen LogP contribution in [0.3, 0.4) is 0 Å². The first-order valence-corrected chi connectivity index (χ1v) is 8.61. The fourth-order valence-electron chi connectivity index (χ4n) is 2.06. The van der Waals surface area contributed by atoms with Crippen molar-refractivity contribution in [1.29, 1.82) is 0 Å². The summed E-state index contributed by atoms with van der Waals surface area (Å²) in [6, 6.07) is 8.36. The van der Waals surface area contributed by atoms with Crippen LogP contribution in [0.5, 0.6) is 0 Å². The van der Waals surface area contributed by atoms with Crippen LogP contribution >= 0.6 is 22.6 Å². The van der Waals surface area contributed by atoms with E-state index in [1.54, 1.807) is 0 Å². The first-order valence-electron chi connectivity index (χ1n) is 5.71. The molecule has 0 aliphatic carbocycles. The summed E-state index contributed by atoms with van der Waals surface area (Å²) in [5.74, 6) is 1.01. The Morgan fingerprint density at radius 1 is 1.29 bits per heavy atom. The first-order chi connectivity index (χ1) is 8.05. The van der Waals surface area contributed by atoms with Crippen LogP contribution in [0.25, 0.3) is 0 Å². The van der Waals surface area contributed by atoms with E-state index < -0.39 is 9.84 Å². The largest absolute Gasteiger partial charge is 0.312 e. The molecule has 1 heterocycles. The van der Waals surface area contributed by atoms with Gasteiger partial charge in [0.05, 0.1) is 11.5 Å². The Hall–Kier alpha value is -0.140. The highest BCUT2D eigenvalue weighted by Gasteiger charge is 2.27. The molecule has 0 saturated carbocycles. The Labute approximate surface area is 116 Å². The maximum Gasteiger partial charge on any atom is 0.150 e. The molecule has 1 aromatic rings. The minimum Gasteiger partial charge on any atom is -0.312 e. The second kappa shape index (κ2) is 5.67. The van der Waals surface area contributed by atoms with E-state index in [-0.39, 0.29) is 0 Å². The zero-order valence-corrected chi connectivity index (χ0v) is 12.5. The van der Waals surface area contributed by atoms with Gasteiger partial charge in [-0.05, 0) is 59.2 Å². The Kier molecular flexibility index (Phi) is 4.43. The van der Waals surface area contributed by atoms with Crippen LogP contribution in [0.2, 0.25) is 0 Å². The summed E-state index contributed by atoms with van der Waals surface area (Å²) < 4.78 is 23.8. The van der Waals surface area contributed by atoms with Crippen LogP contribution in [0.4, 0.5) is 0 Å². The van der Waals surface area contributed by atoms with E-state index >= 15 is 0 Å². The third kappa shape index (κ3) is 4.22. The van der Waals surface area contributed by atoms with Gasteiger partial charge < -0.3 is 5.32 Å². The van der Waals surface area contributed by atoms with Crippen molar-refractivity contribution < 1.29 is 8.42 Å². The van der Waals surface area contributed by atoms with Gasteiger partial charge >= 0.3 is 0 Å². The lowest BCUT2D eigenvalue weighted by Gasteiger charge is -2.09. The van der Waals surface area contributed by atoms with E-state index in [1.165, 1.54) is 9.13 Å². The van der Waals surface area contributed by atoms with Crippen molar-refractivity contribution in [3.63, 3.8) is 0 Å². The topological polar surface area (TPSA) is 46.2 Å². The van der Waals surface area contributed by atoms with Crippen LogP contribution in [0.1, 0.15) is 12.0 Å². The quantitative estimate of drug-likeness (QED) is 0.828. The van der Waals surface area contributed by atoms with E-state index in [0.717, 1.165) is 19.5 Å². The van der Waals surface area contributed by atoms with Crippen molar-refractivity contribution in [2.75, 3.05) is 18.1 Å². The molecule has 0 bridgehead atoms. The molecule has 1 N–H and O–H groups in total. The van der Waals surface area contributed by atoms with Crippen molar-refractivity contribution in [2.45, 2.75) is 13.0 Å².